The van der Waals surface area contributed by atoms with Crippen LogP contribution in [-0.4, -0.2) is 37.5 Å². The number of hydrogen-bond donors (Lipinski definition) is 1. The number of carbonyl (C=O) groups excluding carboxylic acids is 1. The summed E-state index contributed by atoms with van der Waals surface area (Å²) in [6.45, 7) is 5.03. The van der Waals surface area contributed by atoms with Gasteiger partial charge in [0.1, 0.15) is 0 Å². The Morgan fingerprint density at radius 1 is 1.10 bits per heavy atom. The van der Waals surface area contributed by atoms with Crippen molar-refractivity contribution in [3.8, 4) is 0 Å². The molecule has 0 radical (unpaired) electrons. The van der Waals surface area contributed by atoms with E-state index in [1.165, 1.54) is 9.87 Å². The van der Waals surface area contributed by atoms with Crippen LogP contribution >= 0.6 is 0 Å². The molecule has 30 heavy (non-hydrogen) atoms. The summed E-state index contributed by atoms with van der Waals surface area (Å²) in [6, 6.07) is 17.8. The first-order valence-electron chi connectivity index (χ1n) is 10.8. The summed E-state index contributed by atoms with van der Waals surface area (Å²) in [5.41, 5.74) is 3.12. The van der Waals surface area contributed by atoms with E-state index in [0.29, 0.717) is 31.7 Å². The zero-order chi connectivity index (χ0) is 21.6. The number of rotatable bonds is 8. The molecule has 0 spiro atoms. The van der Waals surface area contributed by atoms with E-state index < -0.39 is 10.0 Å². The summed E-state index contributed by atoms with van der Waals surface area (Å²) < 4.78 is 27.1. The van der Waals surface area contributed by atoms with Crippen LogP contribution in [0.25, 0.3) is 0 Å². The molecule has 0 bridgehead atoms. The van der Waals surface area contributed by atoms with Gasteiger partial charge in [-0.1, -0.05) is 56.3 Å². The van der Waals surface area contributed by atoms with Gasteiger partial charge in [-0.15, -0.1) is 0 Å². The number of piperidine rings is 1. The maximum Gasteiger partial charge on any atom is 0.228 e. The van der Waals surface area contributed by atoms with Gasteiger partial charge in [0.25, 0.3) is 0 Å². The van der Waals surface area contributed by atoms with Crippen molar-refractivity contribution in [3.63, 3.8) is 0 Å². The van der Waals surface area contributed by atoms with Crippen molar-refractivity contribution < 1.29 is 13.2 Å². The molecule has 162 valence electrons. The third-order valence-electron chi connectivity index (χ3n) is 5.70. The van der Waals surface area contributed by atoms with E-state index in [1.54, 1.807) is 0 Å². The number of anilines is 1. The Balaban J connectivity index is 1.53. The minimum absolute atomic E-state index is 0.100. The number of hydrogen-bond acceptors (Lipinski definition) is 3. The molecule has 2 aromatic rings. The van der Waals surface area contributed by atoms with Gasteiger partial charge in [-0.2, -0.15) is 0 Å². The van der Waals surface area contributed by atoms with Crippen molar-refractivity contribution >= 4 is 21.6 Å². The largest absolute Gasteiger partial charge is 0.326 e. The second-order valence-corrected chi connectivity index (χ2v) is 10.5. The molecular formula is C24H32N2O3S. The molecule has 2 aromatic carbocycles. The van der Waals surface area contributed by atoms with Crippen molar-refractivity contribution in [2.75, 3.05) is 24.2 Å². The van der Waals surface area contributed by atoms with Crippen LogP contribution < -0.4 is 5.32 Å². The highest BCUT2D eigenvalue weighted by Crippen LogP contribution is 2.23. The van der Waals surface area contributed by atoms with Gasteiger partial charge >= 0.3 is 0 Å². The summed E-state index contributed by atoms with van der Waals surface area (Å²) in [5, 5.41) is 2.95. The summed E-state index contributed by atoms with van der Waals surface area (Å²) in [4.78, 5) is 12.7. The van der Waals surface area contributed by atoms with Gasteiger partial charge in [0.2, 0.25) is 15.9 Å². The van der Waals surface area contributed by atoms with E-state index in [1.807, 2.05) is 54.6 Å². The van der Waals surface area contributed by atoms with Crippen molar-refractivity contribution in [1.82, 2.24) is 4.31 Å². The number of nitrogens with one attached hydrogen (secondary N) is 1. The molecule has 0 saturated carbocycles. The van der Waals surface area contributed by atoms with Crippen LogP contribution in [0.4, 0.5) is 5.69 Å². The lowest BCUT2D eigenvalue weighted by molar-refractivity contribution is -0.120. The standard InChI is InChI=1S/C24H32N2O3S/c1-19(2)21-12-14-23(15-13-21)25-24(27)22-11-6-16-26(18-22)30(28,29)17-7-10-20-8-4-3-5-9-20/h3-5,8-9,12-15,19,22H,6-7,10-11,16-18H2,1-2H3,(H,25,27)/t22-/m1/s1. The molecule has 1 aliphatic rings. The average Bonchev–Trinajstić information content (AvgIpc) is 2.75. The maximum atomic E-state index is 12.8. The molecule has 0 aromatic heterocycles. The van der Waals surface area contributed by atoms with E-state index in [4.69, 9.17) is 0 Å². The molecule has 1 atom stereocenters. The molecule has 0 aliphatic carbocycles. The predicted octanol–water partition coefficient (Wildman–Crippen LogP) is 4.42. The van der Waals surface area contributed by atoms with Crippen LogP contribution in [0, 0.1) is 5.92 Å². The van der Waals surface area contributed by atoms with Crippen molar-refractivity contribution in [2.24, 2.45) is 5.92 Å². The lowest BCUT2D eigenvalue weighted by Gasteiger charge is -2.31. The summed E-state index contributed by atoms with van der Waals surface area (Å²) in [7, 11) is -3.35. The Labute approximate surface area is 180 Å². The summed E-state index contributed by atoms with van der Waals surface area (Å²) in [6.07, 6.45) is 2.75. The third kappa shape index (κ3) is 6.16. The molecular weight excluding hydrogens is 396 g/mol. The molecule has 6 heteroatoms. The summed E-state index contributed by atoms with van der Waals surface area (Å²) >= 11 is 0. The fourth-order valence-electron chi connectivity index (χ4n) is 3.84. The molecule has 1 N–H and O–H groups in total. The minimum Gasteiger partial charge on any atom is -0.326 e. The Bertz CT molecular complexity index is 925. The lowest BCUT2D eigenvalue weighted by Crippen LogP contribution is -2.44. The van der Waals surface area contributed by atoms with Gasteiger partial charge in [0, 0.05) is 18.8 Å². The van der Waals surface area contributed by atoms with Gasteiger partial charge in [-0.25, -0.2) is 12.7 Å². The number of carbonyl (C=O) groups is 1. The average molecular weight is 429 g/mol. The summed E-state index contributed by atoms with van der Waals surface area (Å²) in [5.74, 6) is 0.144. The molecule has 0 unspecified atom stereocenters. The van der Waals surface area contributed by atoms with Crippen molar-refractivity contribution in [1.29, 1.82) is 0 Å². The number of benzene rings is 2. The molecule has 1 saturated heterocycles. The van der Waals surface area contributed by atoms with E-state index in [-0.39, 0.29) is 24.1 Å². The topological polar surface area (TPSA) is 66.5 Å². The zero-order valence-corrected chi connectivity index (χ0v) is 18.7. The predicted molar refractivity (Wildman–Crippen MR) is 122 cm³/mol. The van der Waals surface area contributed by atoms with Crippen molar-refractivity contribution in [3.05, 3.63) is 65.7 Å². The highest BCUT2D eigenvalue weighted by Gasteiger charge is 2.32. The van der Waals surface area contributed by atoms with Crippen LogP contribution in [0.5, 0.6) is 0 Å². The first-order valence-corrected chi connectivity index (χ1v) is 12.4. The molecule has 1 heterocycles. The minimum atomic E-state index is -3.35. The van der Waals surface area contributed by atoms with Crippen LogP contribution in [0.15, 0.2) is 54.6 Å². The van der Waals surface area contributed by atoms with Gasteiger partial charge in [0.05, 0.1) is 11.7 Å². The number of aryl methyl sites for hydroxylation is 1. The molecule has 1 amide bonds. The lowest BCUT2D eigenvalue weighted by atomic mass is 9.98. The Morgan fingerprint density at radius 3 is 2.47 bits per heavy atom. The smallest absolute Gasteiger partial charge is 0.228 e. The normalized spacial score (nSPS) is 17.8. The Morgan fingerprint density at radius 2 is 1.80 bits per heavy atom. The van der Waals surface area contributed by atoms with Crippen molar-refractivity contribution in [2.45, 2.75) is 45.4 Å². The highest BCUT2D eigenvalue weighted by atomic mass is 32.2. The Hall–Kier alpha value is -2.18. The van der Waals surface area contributed by atoms with Crippen LogP contribution in [-0.2, 0) is 21.2 Å². The maximum absolute atomic E-state index is 12.8. The number of nitrogens with zero attached hydrogens (tertiary/aromatic N) is 1. The molecule has 1 fully saturated rings. The van der Waals surface area contributed by atoms with Gasteiger partial charge in [0.15, 0.2) is 0 Å². The fourth-order valence-corrected chi connectivity index (χ4v) is 5.42. The molecule has 5 nitrogen and oxygen atoms in total. The van der Waals surface area contributed by atoms with Gasteiger partial charge in [-0.3, -0.25) is 4.79 Å². The highest BCUT2D eigenvalue weighted by molar-refractivity contribution is 7.89. The van der Waals surface area contributed by atoms with E-state index in [2.05, 4.69) is 19.2 Å². The van der Waals surface area contributed by atoms with E-state index in [9.17, 15) is 13.2 Å². The third-order valence-corrected chi connectivity index (χ3v) is 7.63. The second-order valence-electron chi connectivity index (χ2n) is 8.37. The molecule has 1 aliphatic heterocycles. The second kappa shape index (κ2) is 10.2. The SMILES string of the molecule is CC(C)c1ccc(NC(=O)[C@@H]2CCCN(S(=O)(=O)CCCc3ccccc3)C2)cc1. The van der Waals surface area contributed by atoms with E-state index in [0.717, 1.165) is 17.7 Å². The Kier molecular flexibility index (Phi) is 7.67. The first-order chi connectivity index (χ1) is 14.3. The van der Waals surface area contributed by atoms with Crippen LogP contribution in [0.2, 0.25) is 0 Å². The zero-order valence-electron chi connectivity index (χ0n) is 17.9. The quantitative estimate of drug-likeness (QED) is 0.677. The monoisotopic (exact) mass is 428 g/mol. The number of sulfonamides is 1. The fraction of sp³-hybridized carbons (Fsp3) is 0.458. The van der Waals surface area contributed by atoms with E-state index >= 15 is 0 Å². The van der Waals surface area contributed by atoms with Crippen LogP contribution in [0.1, 0.15) is 50.2 Å². The van der Waals surface area contributed by atoms with Gasteiger partial charge in [-0.05, 0) is 54.9 Å². The van der Waals surface area contributed by atoms with Gasteiger partial charge < -0.3 is 5.32 Å². The molecule has 3 rings (SSSR count). The van der Waals surface area contributed by atoms with Crippen LogP contribution in [0.3, 0.4) is 0 Å². The number of amides is 1. The first kappa shape index (κ1) is 22.5.